The van der Waals surface area contributed by atoms with Crippen molar-refractivity contribution in [3.05, 3.63) is 65.7 Å². The third-order valence-electron chi connectivity index (χ3n) is 5.21. The summed E-state index contributed by atoms with van der Waals surface area (Å²) in [6.45, 7) is 5.32. The zero-order valence-corrected chi connectivity index (χ0v) is 18.2. The highest BCUT2D eigenvalue weighted by atomic mass is 32.2. The van der Waals surface area contributed by atoms with E-state index in [-0.39, 0.29) is 0 Å². The van der Waals surface area contributed by atoms with E-state index in [0.29, 0.717) is 17.4 Å². The van der Waals surface area contributed by atoms with E-state index < -0.39 is 10.0 Å². The van der Waals surface area contributed by atoms with Crippen LogP contribution in [0.25, 0.3) is 0 Å². The minimum atomic E-state index is -3.40. The first-order valence-electron chi connectivity index (χ1n) is 10.0. The molecule has 29 heavy (non-hydrogen) atoms. The maximum Gasteiger partial charge on any atom is 0.242 e. The van der Waals surface area contributed by atoms with Crippen molar-refractivity contribution in [3.63, 3.8) is 0 Å². The molecule has 6 nitrogen and oxygen atoms in total. The summed E-state index contributed by atoms with van der Waals surface area (Å²) in [5, 5.41) is 3.39. The van der Waals surface area contributed by atoms with E-state index in [1.807, 2.05) is 12.1 Å². The Balaban J connectivity index is 1.68. The minimum absolute atomic E-state index is 0.299. The molecule has 1 atom stereocenters. The molecule has 0 spiro atoms. The highest BCUT2D eigenvalue weighted by Crippen LogP contribution is 2.27. The highest BCUT2D eigenvalue weighted by molar-refractivity contribution is 7.89. The van der Waals surface area contributed by atoms with Crippen LogP contribution in [-0.2, 0) is 16.6 Å². The molecule has 0 bridgehead atoms. The van der Waals surface area contributed by atoms with Gasteiger partial charge in [0, 0.05) is 39.6 Å². The van der Waals surface area contributed by atoms with Crippen molar-refractivity contribution in [1.82, 2.24) is 14.5 Å². The number of nitrogens with zero attached hydrogens (tertiary/aromatic N) is 3. The van der Waals surface area contributed by atoms with Gasteiger partial charge in [-0.05, 0) is 36.6 Å². The van der Waals surface area contributed by atoms with E-state index >= 15 is 0 Å². The summed E-state index contributed by atoms with van der Waals surface area (Å²) in [6.07, 6.45) is 1.12. The van der Waals surface area contributed by atoms with Gasteiger partial charge in [-0.2, -0.15) is 0 Å². The highest BCUT2D eigenvalue weighted by Gasteiger charge is 2.25. The molecule has 7 heteroatoms. The Kier molecular flexibility index (Phi) is 6.92. The molecule has 1 N–H and O–H groups in total. The van der Waals surface area contributed by atoms with Gasteiger partial charge in [0.1, 0.15) is 0 Å². The van der Waals surface area contributed by atoms with Crippen LogP contribution in [0.1, 0.15) is 30.4 Å². The fraction of sp³-hybridized carbons (Fsp3) is 0.409. The zero-order chi connectivity index (χ0) is 20.9. The number of rotatable bonds is 6. The zero-order valence-electron chi connectivity index (χ0n) is 17.4. The number of guanidine groups is 1. The molecule has 0 aliphatic carbocycles. The monoisotopic (exact) mass is 414 g/mol. The van der Waals surface area contributed by atoms with Gasteiger partial charge < -0.3 is 10.2 Å². The average molecular weight is 415 g/mol. The first-order chi connectivity index (χ1) is 13.9. The SMILES string of the molecule is CCNC(=NCc1ccc(S(=O)(=O)N(C)C)cc1)N1CCC(c2ccccc2)C1. The first-order valence-corrected chi connectivity index (χ1v) is 11.5. The molecule has 0 saturated carbocycles. The fourth-order valence-corrected chi connectivity index (χ4v) is 4.42. The lowest BCUT2D eigenvalue weighted by molar-refractivity contribution is 0.486. The largest absolute Gasteiger partial charge is 0.357 e. The van der Waals surface area contributed by atoms with Gasteiger partial charge >= 0.3 is 0 Å². The van der Waals surface area contributed by atoms with Crippen molar-refractivity contribution in [3.8, 4) is 0 Å². The molecule has 2 aromatic rings. The van der Waals surface area contributed by atoms with Crippen LogP contribution in [-0.4, -0.2) is 57.3 Å². The van der Waals surface area contributed by atoms with E-state index in [1.165, 1.54) is 24.0 Å². The summed E-state index contributed by atoms with van der Waals surface area (Å²) < 4.78 is 25.6. The Morgan fingerprint density at radius 2 is 1.83 bits per heavy atom. The molecule has 0 amide bonds. The van der Waals surface area contributed by atoms with E-state index in [4.69, 9.17) is 4.99 Å². The maximum atomic E-state index is 12.2. The van der Waals surface area contributed by atoms with Crippen LogP contribution in [0, 0.1) is 0 Å². The number of aliphatic imine (C=N–C) groups is 1. The van der Waals surface area contributed by atoms with E-state index in [1.54, 1.807) is 12.1 Å². The van der Waals surface area contributed by atoms with Gasteiger partial charge in [0.15, 0.2) is 5.96 Å². The lowest BCUT2D eigenvalue weighted by Gasteiger charge is -2.22. The third-order valence-corrected chi connectivity index (χ3v) is 7.04. The third kappa shape index (κ3) is 5.16. The number of hydrogen-bond acceptors (Lipinski definition) is 3. The van der Waals surface area contributed by atoms with Crippen LogP contribution >= 0.6 is 0 Å². The Morgan fingerprint density at radius 3 is 2.45 bits per heavy atom. The number of nitrogens with one attached hydrogen (secondary N) is 1. The van der Waals surface area contributed by atoms with Crippen molar-refractivity contribution >= 4 is 16.0 Å². The normalized spacial score (nSPS) is 17.7. The Labute approximate surface area is 174 Å². The smallest absolute Gasteiger partial charge is 0.242 e. The standard InChI is InChI=1S/C22H30N4O2S/c1-4-23-22(26-15-14-20(17-26)19-8-6-5-7-9-19)24-16-18-10-12-21(13-11-18)29(27,28)25(2)3/h5-13,20H,4,14-17H2,1-3H3,(H,23,24). The van der Waals surface area contributed by atoms with Gasteiger partial charge in [-0.3, -0.25) is 0 Å². The molecular weight excluding hydrogens is 384 g/mol. The Hall–Kier alpha value is -2.38. The van der Waals surface area contributed by atoms with Crippen LogP contribution in [0.5, 0.6) is 0 Å². The molecule has 1 aliphatic heterocycles. The van der Waals surface area contributed by atoms with Crippen molar-refractivity contribution in [1.29, 1.82) is 0 Å². The van der Waals surface area contributed by atoms with Gasteiger partial charge in [-0.25, -0.2) is 17.7 Å². The second-order valence-corrected chi connectivity index (χ2v) is 9.60. The second-order valence-electron chi connectivity index (χ2n) is 7.44. The molecule has 156 valence electrons. The number of hydrogen-bond donors (Lipinski definition) is 1. The molecule has 1 aliphatic rings. The molecule has 1 unspecified atom stereocenters. The maximum absolute atomic E-state index is 12.2. The van der Waals surface area contributed by atoms with Gasteiger partial charge in [0.25, 0.3) is 0 Å². The van der Waals surface area contributed by atoms with Crippen LogP contribution in [0.3, 0.4) is 0 Å². The van der Waals surface area contributed by atoms with Gasteiger partial charge in [0.2, 0.25) is 10.0 Å². The van der Waals surface area contributed by atoms with Crippen LogP contribution in [0.4, 0.5) is 0 Å². The van der Waals surface area contributed by atoms with E-state index in [2.05, 4.69) is 47.5 Å². The van der Waals surface area contributed by atoms with Gasteiger partial charge in [-0.15, -0.1) is 0 Å². The van der Waals surface area contributed by atoms with E-state index in [9.17, 15) is 8.42 Å². The predicted molar refractivity (Wildman–Crippen MR) is 118 cm³/mol. The fourth-order valence-electron chi connectivity index (χ4n) is 3.52. The number of benzene rings is 2. The molecule has 2 aromatic carbocycles. The van der Waals surface area contributed by atoms with Crippen molar-refractivity contribution in [2.75, 3.05) is 33.7 Å². The van der Waals surface area contributed by atoms with Gasteiger partial charge in [0.05, 0.1) is 11.4 Å². The quantitative estimate of drug-likeness (QED) is 0.583. The molecule has 0 aromatic heterocycles. The number of likely N-dealkylation sites (tertiary alicyclic amines) is 1. The summed E-state index contributed by atoms with van der Waals surface area (Å²) in [7, 11) is -0.329. The molecule has 1 fully saturated rings. The molecule has 1 heterocycles. The number of sulfonamides is 1. The van der Waals surface area contributed by atoms with Crippen LogP contribution in [0.2, 0.25) is 0 Å². The topological polar surface area (TPSA) is 65.0 Å². The Morgan fingerprint density at radius 1 is 1.14 bits per heavy atom. The van der Waals surface area contributed by atoms with Crippen molar-refractivity contribution in [2.24, 2.45) is 4.99 Å². The summed E-state index contributed by atoms with van der Waals surface area (Å²) in [6, 6.07) is 17.6. The molecule has 3 rings (SSSR count). The summed E-state index contributed by atoms with van der Waals surface area (Å²) in [5.74, 6) is 1.44. The minimum Gasteiger partial charge on any atom is -0.357 e. The second kappa shape index (κ2) is 9.41. The van der Waals surface area contributed by atoms with Crippen molar-refractivity contribution < 1.29 is 8.42 Å². The van der Waals surface area contributed by atoms with Crippen molar-refractivity contribution in [2.45, 2.75) is 30.7 Å². The summed E-state index contributed by atoms with van der Waals surface area (Å²) in [4.78, 5) is 7.40. The van der Waals surface area contributed by atoms with E-state index in [0.717, 1.165) is 37.6 Å². The molecule has 1 saturated heterocycles. The molecule has 0 radical (unpaired) electrons. The predicted octanol–water partition coefficient (Wildman–Crippen LogP) is 2.89. The molecular formula is C22H30N4O2S. The van der Waals surface area contributed by atoms with Gasteiger partial charge in [-0.1, -0.05) is 42.5 Å². The summed E-state index contributed by atoms with van der Waals surface area (Å²) >= 11 is 0. The lowest BCUT2D eigenvalue weighted by atomic mass is 9.99. The average Bonchev–Trinajstić information content (AvgIpc) is 3.22. The first kappa shape index (κ1) is 21.3. The summed E-state index contributed by atoms with van der Waals surface area (Å²) in [5.41, 5.74) is 2.36. The lowest BCUT2D eigenvalue weighted by Crippen LogP contribution is -2.40. The Bertz CT molecular complexity index is 925. The van der Waals surface area contributed by atoms with Crippen LogP contribution < -0.4 is 5.32 Å². The van der Waals surface area contributed by atoms with Crippen LogP contribution in [0.15, 0.2) is 64.5 Å².